The molecule has 0 radical (unpaired) electrons. The Bertz CT molecular complexity index is 811. The molecule has 2 aliphatic rings. The Balaban J connectivity index is 1.30. The highest BCUT2D eigenvalue weighted by Gasteiger charge is 2.36. The van der Waals surface area contributed by atoms with Crippen molar-refractivity contribution < 1.29 is 14.4 Å². The third-order valence-corrected chi connectivity index (χ3v) is 4.70. The standard InChI is InChI=1S/C18H21N5O3/c1-11(24)16-10-23(22-20-16)14-7-13(8-14)19-18(25)15-9-17(26-21-15)12-5-3-2-4-6-12/h2-6,9-11,13-14,20,22,24H,7-8H2,1H3,(H,19,25)/t11-,13-,14+/m0/s1. The van der Waals surface area contributed by atoms with Gasteiger partial charge in [-0.1, -0.05) is 35.5 Å². The first-order valence-corrected chi connectivity index (χ1v) is 8.63. The summed E-state index contributed by atoms with van der Waals surface area (Å²) in [6.07, 6.45) is 2.94. The summed E-state index contributed by atoms with van der Waals surface area (Å²) in [5.74, 6) is 0.345. The second-order valence-corrected chi connectivity index (χ2v) is 6.64. The maximum atomic E-state index is 12.3. The average molecular weight is 355 g/mol. The zero-order chi connectivity index (χ0) is 18.1. The lowest BCUT2D eigenvalue weighted by molar-refractivity contribution is 0.0754. The number of nitrogens with one attached hydrogen (secondary N) is 3. The number of hydrogen-bond acceptors (Lipinski definition) is 7. The molecule has 26 heavy (non-hydrogen) atoms. The Morgan fingerprint density at radius 3 is 2.85 bits per heavy atom. The number of aliphatic hydroxyl groups excluding tert-OH is 1. The SMILES string of the molecule is C[C@H](O)C1=CN([C@H]2C[C@@H](NC(=O)c3cc(-c4ccccc4)on3)C2)NN1. The number of carbonyl (C=O) groups excluding carboxylic acids is 1. The molecule has 136 valence electrons. The van der Waals surface area contributed by atoms with Gasteiger partial charge in [0.05, 0.1) is 17.8 Å². The monoisotopic (exact) mass is 355 g/mol. The van der Waals surface area contributed by atoms with E-state index >= 15 is 0 Å². The number of carbonyl (C=O) groups is 1. The first-order chi connectivity index (χ1) is 12.6. The van der Waals surface area contributed by atoms with Crippen LogP contribution in [0.4, 0.5) is 0 Å². The number of aliphatic hydroxyl groups is 1. The van der Waals surface area contributed by atoms with Crippen molar-refractivity contribution in [2.45, 2.75) is 38.0 Å². The van der Waals surface area contributed by atoms with E-state index in [1.165, 1.54) is 0 Å². The van der Waals surface area contributed by atoms with Gasteiger partial charge in [0.25, 0.3) is 5.91 Å². The molecule has 2 heterocycles. The van der Waals surface area contributed by atoms with E-state index in [9.17, 15) is 9.90 Å². The summed E-state index contributed by atoms with van der Waals surface area (Å²) in [6.45, 7) is 1.70. The van der Waals surface area contributed by atoms with Crippen molar-refractivity contribution in [2.75, 3.05) is 0 Å². The van der Waals surface area contributed by atoms with E-state index in [0.29, 0.717) is 5.76 Å². The molecule has 4 N–H and O–H groups in total. The molecule has 0 spiro atoms. The van der Waals surface area contributed by atoms with Crippen molar-refractivity contribution in [3.8, 4) is 11.3 Å². The Hall–Kier alpha value is -2.84. The Morgan fingerprint density at radius 1 is 1.38 bits per heavy atom. The van der Waals surface area contributed by atoms with E-state index in [4.69, 9.17) is 4.52 Å². The van der Waals surface area contributed by atoms with Crippen LogP contribution in [0.15, 0.2) is 52.8 Å². The number of aromatic nitrogens is 1. The maximum absolute atomic E-state index is 12.3. The first-order valence-electron chi connectivity index (χ1n) is 8.63. The topological polar surface area (TPSA) is 103 Å². The van der Waals surface area contributed by atoms with Gasteiger partial charge in [-0.05, 0) is 19.8 Å². The van der Waals surface area contributed by atoms with Gasteiger partial charge >= 0.3 is 0 Å². The lowest BCUT2D eigenvalue weighted by Gasteiger charge is -2.40. The molecule has 8 heteroatoms. The molecule has 2 aromatic rings. The number of amides is 1. The summed E-state index contributed by atoms with van der Waals surface area (Å²) in [7, 11) is 0. The Morgan fingerprint density at radius 2 is 2.15 bits per heavy atom. The van der Waals surface area contributed by atoms with Gasteiger partial charge < -0.3 is 20.4 Å². The first kappa shape index (κ1) is 16.6. The van der Waals surface area contributed by atoms with Gasteiger partial charge in [0.2, 0.25) is 0 Å². The second kappa shape index (κ2) is 6.81. The number of benzene rings is 1. The Labute approximate surface area is 150 Å². The average Bonchev–Trinajstić information content (AvgIpc) is 3.28. The van der Waals surface area contributed by atoms with E-state index in [2.05, 4.69) is 21.4 Å². The fourth-order valence-electron chi connectivity index (χ4n) is 3.07. The van der Waals surface area contributed by atoms with Crippen LogP contribution in [0, 0.1) is 0 Å². The quantitative estimate of drug-likeness (QED) is 0.638. The minimum Gasteiger partial charge on any atom is -0.387 e. The van der Waals surface area contributed by atoms with E-state index in [1.807, 2.05) is 41.5 Å². The fraction of sp³-hybridized carbons (Fsp3) is 0.333. The van der Waals surface area contributed by atoms with Gasteiger partial charge in [-0.3, -0.25) is 9.80 Å². The van der Waals surface area contributed by atoms with Crippen molar-refractivity contribution >= 4 is 5.91 Å². The normalized spacial score (nSPS) is 23.0. The zero-order valence-electron chi connectivity index (χ0n) is 14.3. The Kier molecular flexibility index (Phi) is 4.36. The maximum Gasteiger partial charge on any atom is 0.273 e. The molecule has 0 saturated heterocycles. The summed E-state index contributed by atoms with van der Waals surface area (Å²) in [5, 5.41) is 18.3. The fourth-order valence-corrected chi connectivity index (χ4v) is 3.07. The molecule has 4 rings (SSSR count). The molecule has 0 unspecified atom stereocenters. The second-order valence-electron chi connectivity index (χ2n) is 6.64. The van der Waals surface area contributed by atoms with Crippen molar-refractivity contribution in [3.63, 3.8) is 0 Å². The van der Waals surface area contributed by atoms with Gasteiger partial charge in [0, 0.05) is 23.9 Å². The van der Waals surface area contributed by atoms with Gasteiger partial charge in [-0.15, -0.1) is 5.53 Å². The molecular weight excluding hydrogens is 334 g/mol. The highest BCUT2D eigenvalue weighted by Crippen LogP contribution is 2.27. The number of hydrazine groups is 2. The molecule has 0 bridgehead atoms. The molecule has 1 atom stereocenters. The molecule has 1 aromatic carbocycles. The van der Waals surface area contributed by atoms with Crippen LogP contribution in [0.2, 0.25) is 0 Å². The van der Waals surface area contributed by atoms with E-state index in [-0.39, 0.29) is 23.7 Å². The molecule has 8 nitrogen and oxygen atoms in total. The summed E-state index contributed by atoms with van der Waals surface area (Å²) in [5.41, 5.74) is 7.84. The molecular formula is C18H21N5O3. The molecule has 1 saturated carbocycles. The van der Waals surface area contributed by atoms with Gasteiger partial charge in [-0.25, -0.2) is 0 Å². The van der Waals surface area contributed by atoms with Crippen molar-refractivity contribution in [2.24, 2.45) is 0 Å². The highest BCUT2D eigenvalue weighted by molar-refractivity contribution is 5.93. The molecule has 1 aromatic heterocycles. The van der Waals surface area contributed by atoms with E-state index < -0.39 is 6.10 Å². The van der Waals surface area contributed by atoms with Crippen LogP contribution in [-0.4, -0.2) is 39.4 Å². The zero-order valence-corrected chi connectivity index (χ0v) is 14.3. The van der Waals surface area contributed by atoms with Crippen molar-refractivity contribution in [1.82, 2.24) is 26.4 Å². The van der Waals surface area contributed by atoms with Crippen molar-refractivity contribution in [3.05, 3.63) is 54.0 Å². The van der Waals surface area contributed by atoms with Crippen LogP contribution in [0.5, 0.6) is 0 Å². The minimum atomic E-state index is -0.547. The lowest BCUT2D eigenvalue weighted by Crippen LogP contribution is -2.56. The van der Waals surface area contributed by atoms with Crippen LogP contribution in [0.25, 0.3) is 11.3 Å². The van der Waals surface area contributed by atoms with Crippen LogP contribution < -0.4 is 16.3 Å². The summed E-state index contributed by atoms with van der Waals surface area (Å²) < 4.78 is 5.27. The third kappa shape index (κ3) is 3.29. The van der Waals surface area contributed by atoms with E-state index in [1.54, 1.807) is 13.0 Å². The summed E-state index contributed by atoms with van der Waals surface area (Å²) >= 11 is 0. The lowest BCUT2D eigenvalue weighted by atomic mass is 9.86. The molecule has 1 aliphatic heterocycles. The van der Waals surface area contributed by atoms with Crippen LogP contribution in [0.1, 0.15) is 30.3 Å². The molecule has 1 fully saturated rings. The summed E-state index contributed by atoms with van der Waals surface area (Å²) in [4.78, 5) is 12.3. The van der Waals surface area contributed by atoms with Gasteiger partial charge in [0.1, 0.15) is 0 Å². The number of nitrogens with zero attached hydrogens (tertiary/aromatic N) is 2. The van der Waals surface area contributed by atoms with E-state index in [0.717, 1.165) is 24.1 Å². The number of rotatable bonds is 5. The summed E-state index contributed by atoms with van der Waals surface area (Å²) in [6, 6.07) is 11.6. The predicted octanol–water partition coefficient (Wildman–Crippen LogP) is 1.15. The molecule has 1 aliphatic carbocycles. The highest BCUT2D eigenvalue weighted by atomic mass is 16.5. The molecule has 1 amide bonds. The third-order valence-electron chi connectivity index (χ3n) is 4.70. The van der Waals surface area contributed by atoms with Gasteiger partial charge in [0.15, 0.2) is 11.5 Å². The van der Waals surface area contributed by atoms with Crippen LogP contribution in [0.3, 0.4) is 0 Å². The smallest absolute Gasteiger partial charge is 0.273 e. The van der Waals surface area contributed by atoms with Crippen molar-refractivity contribution in [1.29, 1.82) is 0 Å². The van der Waals surface area contributed by atoms with Crippen LogP contribution in [-0.2, 0) is 0 Å². The number of hydrogen-bond donors (Lipinski definition) is 4. The largest absolute Gasteiger partial charge is 0.387 e. The van der Waals surface area contributed by atoms with Gasteiger partial charge in [-0.2, -0.15) is 0 Å². The predicted molar refractivity (Wildman–Crippen MR) is 94.1 cm³/mol. The van der Waals surface area contributed by atoms with Crippen LogP contribution >= 0.6 is 0 Å². The minimum absolute atomic E-state index is 0.0928.